The summed E-state index contributed by atoms with van der Waals surface area (Å²) in [6.07, 6.45) is 4.55. The Morgan fingerprint density at radius 1 is 1.07 bits per heavy atom. The highest BCUT2D eigenvalue weighted by molar-refractivity contribution is 7.71. The van der Waals surface area contributed by atoms with Gasteiger partial charge in [0.1, 0.15) is 0 Å². The summed E-state index contributed by atoms with van der Waals surface area (Å²) in [4.78, 5) is 5.61. The number of aromatic amines is 1. The fourth-order valence-corrected chi connectivity index (χ4v) is 4.64. The van der Waals surface area contributed by atoms with E-state index < -0.39 is 34.8 Å². The molecule has 0 unspecified atom stereocenters. The lowest BCUT2D eigenvalue weighted by atomic mass is 9.94. The van der Waals surface area contributed by atoms with Crippen LogP contribution in [0.15, 0.2) is 6.07 Å². The van der Waals surface area contributed by atoms with Crippen molar-refractivity contribution in [1.82, 2.24) is 14.5 Å². The van der Waals surface area contributed by atoms with Gasteiger partial charge in [-0.05, 0) is 64.0 Å². The highest BCUT2D eigenvalue weighted by atomic mass is 35.5. The van der Waals surface area contributed by atoms with Crippen molar-refractivity contribution in [2.24, 2.45) is 0 Å². The molecular weight excluding hydrogens is 414 g/mol. The highest BCUT2D eigenvalue weighted by Gasteiger charge is 2.33. The monoisotopic (exact) mass is 435 g/mol. The number of hydrogen-bond donors (Lipinski definition) is 1. The first-order valence-electron chi connectivity index (χ1n) is 9.31. The van der Waals surface area contributed by atoms with Crippen molar-refractivity contribution in [1.29, 1.82) is 0 Å². The Hall–Kier alpha value is -1.38. The molecule has 28 heavy (non-hydrogen) atoms. The Bertz CT molecular complexity index is 895. The van der Waals surface area contributed by atoms with Gasteiger partial charge in [-0.3, -0.25) is 0 Å². The Kier molecular flexibility index (Phi) is 6.51. The van der Waals surface area contributed by atoms with E-state index >= 15 is 0 Å². The van der Waals surface area contributed by atoms with Crippen molar-refractivity contribution in [2.45, 2.75) is 44.6 Å². The van der Waals surface area contributed by atoms with Crippen LogP contribution in [0.4, 0.5) is 17.6 Å². The number of halogens is 5. The number of H-pyrrole nitrogens is 1. The van der Waals surface area contributed by atoms with Gasteiger partial charge < -0.3 is 14.5 Å². The molecule has 0 saturated carbocycles. The third-order valence-corrected chi connectivity index (χ3v) is 6.00. The minimum absolute atomic E-state index is 0. The number of rotatable bonds is 5. The van der Waals surface area contributed by atoms with Crippen LogP contribution in [-0.2, 0) is 19.4 Å². The zero-order valence-electron chi connectivity index (χ0n) is 15.2. The molecule has 2 aliphatic heterocycles. The second-order valence-corrected chi connectivity index (χ2v) is 7.79. The zero-order chi connectivity index (χ0) is 19.1. The molecule has 0 radical (unpaired) electrons. The van der Waals surface area contributed by atoms with E-state index in [0.717, 1.165) is 43.9 Å². The summed E-state index contributed by atoms with van der Waals surface area (Å²) < 4.78 is 57.8. The van der Waals surface area contributed by atoms with Crippen molar-refractivity contribution in [3.8, 4) is 0 Å². The Labute approximate surface area is 172 Å². The zero-order valence-corrected chi connectivity index (χ0v) is 16.9. The molecule has 1 aromatic carbocycles. The number of benzene rings is 1. The van der Waals surface area contributed by atoms with Crippen LogP contribution in [0.2, 0.25) is 0 Å². The fourth-order valence-electron chi connectivity index (χ4n) is 4.33. The summed E-state index contributed by atoms with van der Waals surface area (Å²) in [5, 5.41) is 0. The first-order valence-corrected chi connectivity index (χ1v) is 9.72. The topological polar surface area (TPSA) is 24.0 Å². The van der Waals surface area contributed by atoms with Crippen molar-refractivity contribution in [3.05, 3.63) is 51.1 Å². The number of likely N-dealkylation sites (tertiary alicyclic amines) is 1. The largest absolute Gasteiger partial charge is 0.334 e. The van der Waals surface area contributed by atoms with E-state index in [9.17, 15) is 17.6 Å². The quantitative estimate of drug-likeness (QED) is 0.410. The second kappa shape index (κ2) is 8.55. The van der Waals surface area contributed by atoms with E-state index in [1.165, 1.54) is 12.8 Å². The molecular formula is C19H22ClF4N3S. The van der Waals surface area contributed by atoms with Gasteiger partial charge in [-0.2, -0.15) is 0 Å². The Morgan fingerprint density at radius 2 is 1.71 bits per heavy atom. The van der Waals surface area contributed by atoms with Crippen LogP contribution < -0.4 is 0 Å². The van der Waals surface area contributed by atoms with Crippen LogP contribution in [0.5, 0.6) is 0 Å². The SMILES string of the molecule is Cl.Fc1cc(F)c(F)c([C@H]2Cc3c(CCCN4CCCC4)[nH]c(=S)n3C2)c1F. The molecule has 1 fully saturated rings. The van der Waals surface area contributed by atoms with Crippen LogP contribution in [0.1, 0.15) is 42.1 Å². The van der Waals surface area contributed by atoms with Crippen LogP contribution in [0.25, 0.3) is 0 Å². The fraction of sp³-hybridized carbons (Fsp3) is 0.526. The van der Waals surface area contributed by atoms with Gasteiger partial charge in [-0.1, -0.05) is 0 Å². The molecule has 1 aromatic heterocycles. The van der Waals surface area contributed by atoms with Crippen LogP contribution in [-0.4, -0.2) is 34.1 Å². The molecule has 2 aliphatic rings. The Balaban J connectivity index is 0.00000225. The van der Waals surface area contributed by atoms with E-state index in [1.807, 2.05) is 0 Å². The average molecular weight is 436 g/mol. The van der Waals surface area contributed by atoms with E-state index in [4.69, 9.17) is 12.2 Å². The number of hydrogen-bond acceptors (Lipinski definition) is 2. The van der Waals surface area contributed by atoms with Gasteiger partial charge >= 0.3 is 0 Å². The number of aromatic nitrogens is 2. The number of imidazole rings is 1. The molecule has 1 N–H and O–H groups in total. The van der Waals surface area contributed by atoms with Crippen LogP contribution in [0, 0.1) is 28.0 Å². The van der Waals surface area contributed by atoms with Crippen LogP contribution >= 0.6 is 24.6 Å². The predicted octanol–water partition coefficient (Wildman–Crippen LogP) is 4.89. The van der Waals surface area contributed by atoms with Gasteiger partial charge in [0.25, 0.3) is 0 Å². The molecule has 3 heterocycles. The molecule has 0 spiro atoms. The summed E-state index contributed by atoms with van der Waals surface area (Å²) >= 11 is 5.34. The molecule has 1 saturated heterocycles. The minimum Gasteiger partial charge on any atom is -0.334 e. The van der Waals surface area contributed by atoms with Crippen molar-refractivity contribution in [2.75, 3.05) is 19.6 Å². The van der Waals surface area contributed by atoms with E-state index in [-0.39, 0.29) is 25.0 Å². The lowest BCUT2D eigenvalue weighted by Gasteiger charge is -2.14. The molecule has 154 valence electrons. The lowest BCUT2D eigenvalue weighted by Crippen LogP contribution is -2.20. The summed E-state index contributed by atoms with van der Waals surface area (Å²) in [6.45, 7) is 3.49. The summed E-state index contributed by atoms with van der Waals surface area (Å²) in [5.74, 6) is -6.02. The van der Waals surface area contributed by atoms with Crippen molar-refractivity contribution in [3.63, 3.8) is 0 Å². The third-order valence-electron chi connectivity index (χ3n) is 5.67. The summed E-state index contributed by atoms with van der Waals surface area (Å²) in [5.41, 5.74) is 1.32. The maximum Gasteiger partial charge on any atom is 0.177 e. The maximum atomic E-state index is 14.2. The van der Waals surface area contributed by atoms with Gasteiger partial charge in [0, 0.05) is 35.5 Å². The molecule has 9 heteroatoms. The summed E-state index contributed by atoms with van der Waals surface area (Å²) in [6, 6.07) is 0.249. The molecule has 2 aromatic rings. The molecule has 3 nitrogen and oxygen atoms in total. The van der Waals surface area contributed by atoms with Crippen molar-refractivity contribution < 1.29 is 17.6 Å². The molecule has 0 aliphatic carbocycles. The number of nitrogens with one attached hydrogen (secondary N) is 1. The second-order valence-electron chi connectivity index (χ2n) is 7.40. The first kappa shape index (κ1) is 21.3. The summed E-state index contributed by atoms with van der Waals surface area (Å²) in [7, 11) is 0. The molecule has 0 amide bonds. The van der Waals surface area contributed by atoms with E-state index in [0.29, 0.717) is 11.2 Å². The number of aryl methyl sites for hydroxylation is 1. The van der Waals surface area contributed by atoms with Gasteiger partial charge in [-0.25, -0.2) is 17.6 Å². The Morgan fingerprint density at radius 3 is 2.36 bits per heavy atom. The minimum atomic E-state index is -1.36. The number of nitrogens with zero attached hydrogens (tertiary/aromatic N) is 2. The molecule has 0 bridgehead atoms. The van der Waals surface area contributed by atoms with E-state index in [1.54, 1.807) is 4.57 Å². The predicted molar refractivity (Wildman–Crippen MR) is 104 cm³/mol. The van der Waals surface area contributed by atoms with Gasteiger partial charge in [0.2, 0.25) is 0 Å². The standard InChI is InChI=1S/C19H21F4N3S.ClH/c20-12-9-13(21)18(23)16(17(12)22)11-8-15-14(24-19(27)26(15)10-11)4-3-7-25-5-1-2-6-25;/h9,11H,1-8,10H2,(H,24,27);1H/t11-;/m0./s1. The average Bonchev–Trinajstić information content (AvgIpc) is 3.34. The van der Waals surface area contributed by atoms with Crippen molar-refractivity contribution >= 4 is 24.6 Å². The van der Waals surface area contributed by atoms with Gasteiger partial charge in [-0.15, -0.1) is 12.4 Å². The highest BCUT2D eigenvalue weighted by Crippen LogP contribution is 2.36. The lowest BCUT2D eigenvalue weighted by molar-refractivity contribution is 0.333. The van der Waals surface area contributed by atoms with Crippen LogP contribution in [0.3, 0.4) is 0 Å². The molecule has 4 rings (SSSR count). The maximum absolute atomic E-state index is 14.2. The van der Waals surface area contributed by atoms with E-state index in [2.05, 4.69) is 9.88 Å². The normalized spacial score (nSPS) is 19.1. The number of fused-ring (bicyclic) bond motifs is 1. The van der Waals surface area contributed by atoms with Gasteiger partial charge in [0.15, 0.2) is 28.0 Å². The van der Waals surface area contributed by atoms with Gasteiger partial charge in [0.05, 0.1) is 0 Å². The third kappa shape index (κ3) is 3.86. The first-order chi connectivity index (χ1) is 13.0. The molecule has 1 atom stereocenters. The smallest absolute Gasteiger partial charge is 0.177 e.